The molecule has 0 spiro atoms. The Labute approximate surface area is 114 Å². The van der Waals surface area contributed by atoms with Crippen LogP contribution in [-0.4, -0.2) is 28.9 Å². The molecule has 98 valence electrons. The summed E-state index contributed by atoms with van der Waals surface area (Å²) in [6.45, 7) is 5.13. The summed E-state index contributed by atoms with van der Waals surface area (Å²) in [5, 5.41) is 0. The number of aryl methyl sites for hydroxylation is 1. The number of benzene rings is 1. The number of carbonyl (C=O) groups is 1. The molecule has 0 aliphatic rings. The van der Waals surface area contributed by atoms with Crippen molar-refractivity contribution in [2.75, 3.05) is 13.1 Å². The summed E-state index contributed by atoms with van der Waals surface area (Å²) in [5.74, 6) is 0.0773. The lowest BCUT2D eigenvalue weighted by Gasteiger charge is -2.21. The van der Waals surface area contributed by atoms with E-state index < -0.39 is 0 Å². The Morgan fingerprint density at radius 2 is 1.94 bits per heavy atom. The Kier molecular flexibility index (Phi) is 5.78. The van der Waals surface area contributed by atoms with Crippen molar-refractivity contribution in [3.8, 4) is 0 Å². The molecule has 0 aliphatic heterocycles. The maximum atomic E-state index is 12.1. The highest BCUT2D eigenvalue weighted by Gasteiger charge is 2.13. The number of nitrogens with two attached hydrogens (primary N) is 1. The lowest BCUT2D eigenvalue weighted by Crippen LogP contribution is -2.39. The van der Waals surface area contributed by atoms with Gasteiger partial charge in [0, 0.05) is 6.54 Å². The van der Waals surface area contributed by atoms with Crippen molar-refractivity contribution in [1.29, 1.82) is 0 Å². The van der Waals surface area contributed by atoms with E-state index in [9.17, 15) is 4.79 Å². The largest absolute Gasteiger partial charge is 0.392 e. The fraction of sp³-hybridized carbons (Fsp3) is 0.429. The third kappa shape index (κ3) is 4.84. The predicted octanol–water partition coefficient (Wildman–Crippen LogP) is 2.06. The van der Waals surface area contributed by atoms with Gasteiger partial charge in [-0.2, -0.15) is 0 Å². The second-order valence-electron chi connectivity index (χ2n) is 4.44. The van der Waals surface area contributed by atoms with Gasteiger partial charge in [0.25, 0.3) is 0 Å². The molecule has 0 saturated carbocycles. The van der Waals surface area contributed by atoms with Gasteiger partial charge in [0.05, 0.1) is 18.0 Å². The average molecular weight is 264 g/mol. The van der Waals surface area contributed by atoms with Gasteiger partial charge in [-0.1, -0.05) is 49.0 Å². The number of hydrogen-bond donors (Lipinski definition) is 1. The highest BCUT2D eigenvalue weighted by Crippen LogP contribution is 2.06. The number of thiocarbonyl (C=S) groups is 1. The standard InChI is InChI=1S/C14H20N2OS/c1-3-8-16(10-13(15)18)14(17)9-12-6-4-11(2)5-7-12/h4-7H,3,8-10H2,1-2H3,(H2,15,18). The first-order chi connectivity index (χ1) is 8.52. The Hall–Kier alpha value is -1.42. The molecule has 0 aliphatic carbocycles. The predicted molar refractivity (Wildman–Crippen MR) is 78.5 cm³/mol. The lowest BCUT2D eigenvalue weighted by atomic mass is 10.1. The molecule has 0 radical (unpaired) electrons. The van der Waals surface area contributed by atoms with E-state index in [2.05, 4.69) is 0 Å². The second-order valence-corrected chi connectivity index (χ2v) is 4.97. The first kappa shape index (κ1) is 14.6. The van der Waals surface area contributed by atoms with Gasteiger partial charge in [-0.15, -0.1) is 0 Å². The van der Waals surface area contributed by atoms with Gasteiger partial charge in [0.1, 0.15) is 0 Å². The Balaban J connectivity index is 2.65. The second kappa shape index (κ2) is 7.11. The van der Waals surface area contributed by atoms with Crippen molar-refractivity contribution < 1.29 is 4.79 Å². The Bertz CT molecular complexity index is 414. The van der Waals surface area contributed by atoms with Gasteiger partial charge < -0.3 is 10.6 Å². The minimum absolute atomic E-state index is 0.0773. The third-order valence-electron chi connectivity index (χ3n) is 2.67. The first-order valence-electron chi connectivity index (χ1n) is 6.14. The molecule has 1 rings (SSSR count). The number of nitrogens with zero attached hydrogens (tertiary/aromatic N) is 1. The van der Waals surface area contributed by atoms with Gasteiger partial charge in [-0.05, 0) is 18.9 Å². The fourth-order valence-corrected chi connectivity index (χ4v) is 1.90. The van der Waals surface area contributed by atoms with Crippen LogP contribution in [0.15, 0.2) is 24.3 Å². The maximum Gasteiger partial charge on any atom is 0.227 e. The first-order valence-corrected chi connectivity index (χ1v) is 6.55. The zero-order chi connectivity index (χ0) is 13.5. The van der Waals surface area contributed by atoms with E-state index in [1.165, 1.54) is 5.56 Å². The molecule has 0 atom stereocenters. The Morgan fingerprint density at radius 1 is 1.33 bits per heavy atom. The van der Waals surface area contributed by atoms with Crippen LogP contribution in [0.3, 0.4) is 0 Å². The van der Waals surface area contributed by atoms with Crippen LogP contribution in [0.25, 0.3) is 0 Å². The summed E-state index contributed by atoms with van der Waals surface area (Å²) in [7, 11) is 0. The summed E-state index contributed by atoms with van der Waals surface area (Å²) in [5.41, 5.74) is 7.73. The zero-order valence-electron chi connectivity index (χ0n) is 11.0. The number of hydrogen-bond acceptors (Lipinski definition) is 2. The van der Waals surface area contributed by atoms with Crippen molar-refractivity contribution in [2.45, 2.75) is 26.7 Å². The van der Waals surface area contributed by atoms with Crippen molar-refractivity contribution in [1.82, 2.24) is 4.90 Å². The van der Waals surface area contributed by atoms with Crippen molar-refractivity contribution >= 4 is 23.1 Å². The van der Waals surface area contributed by atoms with Crippen LogP contribution < -0.4 is 5.73 Å². The van der Waals surface area contributed by atoms with Crippen molar-refractivity contribution in [2.24, 2.45) is 5.73 Å². The normalized spacial score (nSPS) is 10.1. The van der Waals surface area contributed by atoms with E-state index in [0.29, 0.717) is 24.5 Å². The monoisotopic (exact) mass is 264 g/mol. The van der Waals surface area contributed by atoms with Crippen molar-refractivity contribution in [3.63, 3.8) is 0 Å². The summed E-state index contributed by atoms with van der Waals surface area (Å²) in [6, 6.07) is 8.00. The molecule has 1 aromatic carbocycles. The SMILES string of the molecule is CCCN(CC(N)=S)C(=O)Cc1ccc(C)cc1. The van der Waals surface area contributed by atoms with Gasteiger partial charge >= 0.3 is 0 Å². The molecule has 18 heavy (non-hydrogen) atoms. The minimum Gasteiger partial charge on any atom is -0.392 e. The molecular weight excluding hydrogens is 244 g/mol. The Morgan fingerprint density at radius 3 is 2.44 bits per heavy atom. The van der Waals surface area contributed by atoms with E-state index in [4.69, 9.17) is 18.0 Å². The summed E-state index contributed by atoms with van der Waals surface area (Å²) >= 11 is 4.87. The van der Waals surface area contributed by atoms with Crippen LogP contribution in [0.4, 0.5) is 0 Å². The molecule has 0 saturated heterocycles. The van der Waals surface area contributed by atoms with Crippen LogP contribution in [0, 0.1) is 6.92 Å². The molecule has 1 amide bonds. The van der Waals surface area contributed by atoms with Crippen LogP contribution >= 0.6 is 12.2 Å². The number of amides is 1. The minimum atomic E-state index is 0.0773. The molecule has 0 aromatic heterocycles. The summed E-state index contributed by atoms with van der Waals surface area (Å²) in [6.07, 6.45) is 1.31. The van der Waals surface area contributed by atoms with Crippen LogP contribution in [0.5, 0.6) is 0 Å². The number of carbonyl (C=O) groups excluding carboxylic acids is 1. The molecule has 0 bridgehead atoms. The average Bonchev–Trinajstić information content (AvgIpc) is 2.31. The molecule has 2 N–H and O–H groups in total. The lowest BCUT2D eigenvalue weighted by molar-refractivity contribution is -0.129. The van der Waals surface area contributed by atoms with Gasteiger partial charge in [-0.3, -0.25) is 4.79 Å². The molecule has 0 heterocycles. The summed E-state index contributed by atoms with van der Waals surface area (Å²) < 4.78 is 0. The highest BCUT2D eigenvalue weighted by atomic mass is 32.1. The van der Waals surface area contributed by atoms with Crippen LogP contribution in [0.1, 0.15) is 24.5 Å². The van der Waals surface area contributed by atoms with Gasteiger partial charge in [0.2, 0.25) is 5.91 Å². The number of rotatable bonds is 6. The maximum absolute atomic E-state index is 12.1. The van der Waals surface area contributed by atoms with E-state index >= 15 is 0 Å². The zero-order valence-corrected chi connectivity index (χ0v) is 11.8. The topological polar surface area (TPSA) is 46.3 Å². The summed E-state index contributed by atoms with van der Waals surface area (Å²) in [4.78, 5) is 14.2. The fourth-order valence-electron chi connectivity index (χ4n) is 1.74. The van der Waals surface area contributed by atoms with E-state index in [1.54, 1.807) is 4.90 Å². The molecule has 0 unspecified atom stereocenters. The molecule has 1 aromatic rings. The smallest absolute Gasteiger partial charge is 0.227 e. The third-order valence-corrected chi connectivity index (χ3v) is 2.80. The van der Waals surface area contributed by atoms with Crippen molar-refractivity contribution in [3.05, 3.63) is 35.4 Å². The van der Waals surface area contributed by atoms with E-state index in [-0.39, 0.29) is 5.91 Å². The van der Waals surface area contributed by atoms with Crippen LogP contribution in [-0.2, 0) is 11.2 Å². The van der Waals surface area contributed by atoms with E-state index in [0.717, 1.165) is 12.0 Å². The molecule has 0 fully saturated rings. The molecule has 4 heteroatoms. The molecular formula is C14H20N2OS. The molecule has 3 nitrogen and oxygen atoms in total. The van der Waals surface area contributed by atoms with Gasteiger partial charge in [0.15, 0.2) is 0 Å². The van der Waals surface area contributed by atoms with Crippen LogP contribution in [0.2, 0.25) is 0 Å². The van der Waals surface area contributed by atoms with Gasteiger partial charge in [-0.25, -0.2) is 0 Å². The van der Waals surface area contributed by atoms with E-state index in [1.807, 2.05) is 38.1 Å². The quantitative estimate of drug-likeness (QED) is 0.800. The highest BCUT2D eigenvalue weighted by molar-refractivity contribution is 7.80.